The molecule has 1 N–H and O–H groups in total. The predicted molar refractivity (Wildman–Crippen MR) is 184 cm³/mol. The van der Waals surface area contributed by atoms with Crippen molar-refractivity contribution in [3.63, 3.8) is 0 Å². The first-order valence-electron chi connectivity index (χ1n) is 14.3. The molecule has 0 fully saturated rings. The number of anilines is 1. The lowest BCUT2D eigenvalue weighted by Gasteiger charge is -2.34. The van der Waals surface area contributed by atoms with Crippen molar-refractivity contribution in [2.75, 3.05) is 10.8 Å². The molecule has 4 aromatic rings. The van der Waals surface area contributed by atoms with E-state index in [1.165, 1.54) is 17.0 Å². The van der Waals surface area contributed by atoms with Crippen molar-refractivity contribution in [2.45, 2.75) is 50.7 Å². The lowest BCUT2D eigenvalue weighted by Crippen LogP contribution is -2.54. The number of carbonyl (C=O) groups is 2. The molecule has 236 valence electrons. The van der Waals surface area contributed by atoms with E-state index in [1.807, 2.05) is 51.1 Å². The standard InChI is InChI=1S/C34H34BrCl2N3O4S/c1-23(2)38-34(42)32(18-25-8-5-4-6-9-25)39(21-26-14-15-28(36)20-31(26)37)33(41)22-40(29-11-7-10-27(35)19-29)45(43,44)30-16-12-24(3)13-17-30/h4-17,19-20,23,32H,18,21-22H2,1-3H3,(H,38,42)/t32-/m0/s1. The van der Waals surface area contributed by atoms with E-state index in [4.69, 9.17) is 23.2 Å². The molecule has 0 radical (unpaired) electrons. The van der Waals surface area contributed by atoms with Crippen LogP contribution in [-0.4, -0.2) is 43.8 Å². The van der Waals surface area contributed by atoms with Crippen molar-refractivity contribution in [1.82, 2.24) is 10.2 Å². The second-order valence-corrected chi connectivity index (χ2v) is 14.6. The summed E-state index contributed by atoms with van der Waals surface area (Å²) in [6.07, 6.45) is 0.192. The average molecular weight is 732 g/mol. The van der Waals surface area contributed by atoms with E-state index >= 15 is 0 Å². The normalized spacial score (nSPS) is 12.1. The van der Waals surface area contributed by atoms with E-state index in [1.54, 1.807) is 54.6 Å². The van der Waals surface area contributed by atoms with Gasteiger partial charge in [0.25, 0.3) is 10.0 Å². The van der Waals surface area contributed by atoms with Gasteiger partial charge in [-0.25, -0.2) is 8.42 Å². The van der Waals surface area contributed by atoms with Crippen LogP contribution in [0, 0.1) is 6.92 Å². The van der Waals surface area contributed by atoms with Gasteiger partial charge in [0.1, 0.15) is 12.6 Å². The first-order valence-corrected chi connectivity index (χ1v) is 17.3. The Hall–Kier alpha value is -3.37. The first-order chi connectivity index (χ1) is 21.3. The van der Waals surface area contributed by atoms with E-state index in [0.717, 1.165) is 15.4 Å². The molecule has 2 amide bonds. The fourth-order valence-electron chi connectivity index (χ4n) is 4.77. The van der Waals surface area contributed by atoms with Crippen LogP contribution < -0.4 is 9.62 Å². The van der Waals surface area contributed by atoms with Gasteiger partial charge in [0, 0.05) is 33.5 Å². The Morgan fingerprint density at radius 1 is 0.889 bits per heavy atom. The third kappa shape index (κ3) is 9.10. The van der Waals surface area contributed by atoms with Crippen LogP contribution in [0.1, 0.15) is 30.5 Å². The summed E-state index contributed by atoms with van der Waals surface area (Å²) in [7, 11) is -4.21. The quantitative estimate of drug-likeness (QED) is 0.164. The second-order valence-electron chi connectivity index (χ2n) is 10.9. The highest BCUT2D eigenvalue weighted by molar-refractivity contribution is 9.10. The molecule has 0 spiro atoms. The van der Waals surface area contributed by atoms with E-state index in [-0.39, 0.29) is 35.5 Å². The summed E-state index contributed by atoms with van der Waals surface area (Å²) in [4.78, 5) is 29.7. The molecule has 0 unspecified atom stereocenters. The number of sulfonamides is 1. The molecule has 0 heterocycles. The minimum absolute atomic E-state index is 0.0338. The van der Waals surface area contributed by atoms with Gasteiger partial charge in [0.2, 0.25) is 11.8 Å². The number of halogens is 3. The Morgan fingerprint density at radius 3 is 2.20 bits per heavy atom. The van der Waals surface area contributed by atoms with Crippen LogP contribution in [0.3, 0.4) is 0 Å². The van der Waals surface area contributed by atoms with Gasteiger partial charge in [-0.1, -0.05) is 99.3 Å². The summed E-state index contributed by atoms with van der Waals surface area (Å²) in [5, 5.41) is 3.68. The highest BCUT2D eigenvalue weighted by atomic mass is 79.9. The Labute approximate surface area is 283 Å². The molecule has 0 bridgehead atoms. The van der Waals surface area contributed by atoms with Gasteiger partial charge in [-0.2, -0.15) is 0 Å². The van der Waals surface area contributed by atoms with Crippen LogP contribution in [0.2, 0.25) is 10.0 Å². The molecular weight excluding hydrogens is 697 g/mol. The molecule has 4 rings (SSSR count). The second kappa shape index (κ2) is 15.3. The van der Waals surface area contributed by atoms with Crippen molar-refractivity contribution in [1.29, 1.82) is 0 Å². The minimum Gasteiger partial charge on any atom is -0.352 e. The number of nitrogens with one attached hydrogen (secondary N) is 1. The van der Waals surface area contributed by atoms with Crippen molar-refractivity contribution in [3.8, 4) is 0 Å². The monoisotopic (exact) mass is 729 g/mol. The summed E-state index contributed by atoms with van der Waals surface area (Å²) < 4.78 is 30.0. The number of hydrogen-bond acceptors (Lipinski definition) is 4. The highest BCUT2D eigenvalue weighted by Crippen LogP contribution is 2.29. The SMILES string of the molecule is Cc1ccc(S(=O)(=O)N(CC(=O)N(Cc2ccc(Cl)cc2Cl)[C@@H](Cc2ccccc2)C(=O)NC(C)C)c2cccc(Br)c2)cc1. The highest BCUT2D eigenvalue weighted by Gasteiger charge is 2.35. The Balaban J connectivity index is 1.83. The number of aryl methyl sites for hydroxylation is 1. The van der Waals surface area contributed by atoms with Crippen LogP contribution in [0.15, 0.2) is 106 Å². The topological polar surface area (TPSA) is 86.8 Å². The van der Waals surface area contributed by atoms with Crippen LogP contribution in [-0.2, 0) is 32.6 Å². The fourth-order valence-corrected chi connectivity index (χ4v) is 7.03. The van der Waals surface area contributed by atoms with Gasteiger partial charge in [0.15, 0.2) is 0 Å². The number of benzene rings is 4. The van der Waals surface area contributed by atoms with Gasteiger partial charge in [-0.05, 0) is 74.4 Å². The molecule has 4 aromatic carbocycles. The van der Waals surface area contributed by atoms with Crippen LogP contribution >= 0.6 is 39.1 Å². The third-order valence-electron chi connectivity index (χ3n) is 7.04. The number of amides is 2. The maximum absolute atomic E-state index is 14.5. The molecule has 7 nitrogen and oxygen atoms in total. The number of hydrogen-bond donors (Lipinski definition) is 1. The zero-order valence-corrected chi connectivity index (χ0v) is 29.0. The van der Waals surface area contributed by atoms with E-state index in [9.17, 15) is 18.0 Å². The predicted octanol–water partition coefficient (Wildman–Crippen LogP) is 7.42. The lowest BCUT2D eigenvalue weighted by atomic mass is 10.0. The minimum atomic E-state index is -4.21. The molecule has 0 aromatic heterocycles. The van der Waals surface area contributed by atoms with Gasteiger partial charge in [-0.15, -0.1) is 0 Å². The first kappa shape index (κ1) is 34.5. The summed E-state index contributed by atoms with van der Waals surface area (Å²) in [6.45, 7) is 4.90. The van der Waals surface area contributed by atoms with Crippen molar-refractivity contribution in [2.24, 2.45) is 0 Å². The Bertz CT molecular complexity index is 1750. The average Bonchev–Trinajstić information content (AvgIpc) is 2.98. The molecule has 1 atom stereocenters. The van der Waals surface area contributed by atoms with Crippen LogP contribution in [0.25, 0.3) is 0 Å². The summed E-state index contributed by atoms with van der Waals surface area (Å²) in [6, 6.07) is 26.2. The smallest absolute Gasteiger partial charge is 0.264 e. The van der Waals surface area contributed by atoms with Gasteiger partial charge in [0.05, 0.1) is 10.6 Å². The molecule has 0 saturated carbocycles. The van der Waals surface area contributed by atoms with Gasteiger partial charge >= 0.3 is 0 Å². The van der Waals surface area contributed by atoms with E-state index in [2.05, 4.69) is 21.2 Å². The van der Waals surface area contributed by atoms with Crippen LogP contribution in [0.5, 0.6) is 0 Å². The molecule has 45 heavy (non-hydrogen) atoms. The maximum Gasteiger partial charge on any atom is 0.264 e. The number of nitrogens with zero attached hydrogens (tertiary/aromatic N) is 2. The summed E-state index contributed by atoms with van der Waals surface area (Å²) in [5.41, 5.74) is 2.57. The van der Waals surface area contributed by atoms with E-state index < -0.39 is 28.5 Å². The zero-order chi connectivity index (χ0) is 32.7. The Kier molecular flexibility index (Phi) is 11.7. The number of rotatable bonds is 12. The van der Waals surface area contributed by atoms with Crippen molar-refractivity contribution < 1.29 is 18.0 Å². The molecule has 11 heteroatoms. The molecule has 0 saturated heterocycles. The zero-order valence-electron chi connectivity index (χ0n) is 25.1. The molecule has 0 aliphatic carbocycles. The summed E-state index contributed by atoms with van der Waals surface area (Å²) >= 11 is 16.1. The molecular formula is C34H34BrCl2N3O4S. The number of carbonyl (C=O) groups excluding carboxylic acids is 2. The Morgan fingerprint density at radius 2 is 1.58 bits per heavy atom. The van der Waals surface area contributed by atoms with E-state index in [0.29, 0.717) is 20.1 Å². The summed E-state index contributed by atoms with van der Waals surface area (Å²) in [5.74, 6) is -0.959. The fraction of sp³-hybridized carbons (Fsp3) is 0.235. The van der Waals surface area contributed by atoms with Gasteiger partial charge in [-0.3, -0.25) is 13.9 Å². The third-order valence-corrected chi connectivity index (χ3v) is 9.91. The maximum atomic E-state index is 14.5. The largest absolute Gasteiger partial charge is 0.352 e. The lowest BCUT2D eigenvalue weighted by molar-refractivity contribution is -0.140. The van der Waals surface area contributed by atoms with Crippen LogP contribution in [0.4, 0.5) is 5.69 Å². The van der Waals surface area contributed by atoms with Crippen molar-refractivity contribution >= 4 is 66.7 Å². The molecule has 0 aliphatic rings. The molecule has 0 aliphatic heterocycles. The van der Waals surface area contributed by atoms with Crippen molar-refractivity contribution in [3.05, 3.63) is 128 Å². The van der Waals surface area contributed by atoms with Gasteiger partial charge < -0.3 is 10.2 Å².